The van der Waals surface area contributed by atoms with Gasteiger partial charge < -0.3 is 15.2 Å². The molecule has 2 aromatic carbocycles. The summed E-state index contributed by atoms with van der Waals surface area (Å²) in [7, 11) is 0. The van der Waals surface area contributed by atoms with Crippen LogP contribution in [-0.4, -0.2) is 28.5 Å². The predicted octanol–water partition coefficient (Wildman–Crippen LogP) is 4.81. The van der Waals surface area contributed by atoms with Crippen LogP contribution in [0.3, 0.4) is 0 Å². The fraction of sp³-hybridized carbons (Fsp3) is 0.125. The molecule has 0 radical (unpaired) electrons. The number of carboxylic acids is 1. The Hall–Kier alpha value is -3.71. The molecular weight excluding hydrogens is 412 g/mol. The van der Waals surface area contributed by atoms with Gasteiger partial charge in [0.1, 0.15) is 16.5 Å². The smallest absolute Gasteiger partial charge is 0.328 e. The van der Waals surface area contributed by atoms with Crippen LogP contribution in [0.4, 0.5) is 0 Å². The summed E-state index contributed by atoms with van der Waals surface area (Å²) in [6, 6.07) is 13.5. The number of carboxylic acid groups (broad SMARTS) is 1. The van der Waals surface area contributed by atoms with Crippen LogP contribution in [0.25, 0.3) is 10.2 Å². The number of aromatic nitrogens is 1. The number of aliphatic carboxylic acids is 1. The molecule has 158 valence electrons. The van der Waals surface area contributed by atoms with E-state index in [1.54, 1.807) is 12.2 Å². The molecule has 0 aliphatic rings. The zero-order valence-electron chi connectivity index (χ0n) is 17.0. The van der Waals surface area contributed by atoms with Crippen molar-refractivity contribution >= 4 is 33.4 Å². The van der Waals surface area contributed by atoms with Gasteiger partial charge in [0, 0.05) is 18.7 Å². The molecule has 3 rings (SSSR count). The number of fused-ring (bicyclic) bond motifs is 1. The predicted molar refractivity (Wildman–Crippen MR) is 123 cm³/mol. The molecule has 0 aliphatic heterocycles. The highest BCUT2D eigenvalue weighted by Crippen LogP contribution is 2.29. The summed E-state index contributed by atoms with van der Waals surface area (Å²) in [6.45, 7) is 6.12. The van der Waals surface area contributed by atoms with Crippen molar-refractivity contribution in [1.29, 1.82) is 0 Å². The maximum atomic E-state index is 12.2. The van der Waals surface area contributed by atoms with Gasteiger partial charge >= 0.3 is 5.97 Å². The third-order valence-electron chi connectivity index (χ3n) is 4.17. The summed E-state index contributed by atoms with van der Waals surface area (Å²) in [5.41, 5.74) is 2.65. The first-order valence-electron chi connectivity index (χ1n) is 9.55. The fourth-order valence-corrected chi connectivity index (χ4v) is 3.63. The lowest BCUT2D eigenvalue weighted by atomic mass is 10.2. The maximum Gasteiger partial charge on any atom is 0.328 e. The van der Waals surface area contributed by atoms with Crippen LogP contribution < -0.4 is 10.1 Å². The number of aryl methyl sites for hydroxylation is 1. The monoisotopic (exact) mass is 434 g/mol. The summed E-state index contributed by atoms with van der Waals surface area (Å²) in [5, 5.41) is 12.0. The number of ether oxygens (including phenoxy) is 1. The second-order valence-electron chi connectivity index (χ2n) is 6.82. The Balaban J connectivity index is 1.55. The molecule has 7 heteroatoms. The van der Waals surface area contributed by atoms with Crippen LogP contribution in [0.15, 0.2) is 78.9 Å². The van der Waals surface area contributed by atoms with E-state index in [1.807, 2.05) is 49.4 Å². The first-order valence-corrected chi connectivity index (χ1v) is 10.4. The number of rotatable bonds is 9. The van der Waals surface area contributed by atoms with Gasteiger partial charge in [0.15, 0.2) is 0 Å². The van der Waals surface area contributed by atoms with Crippen molar-refractivity contribution in [1.82, 2.24) is 10.3 Å². The van der Waals surface area contributed by atoms with E-state index in [2.05, 4.69) is 16.9 Å². The highest BCUT2D eigenvalue weighted by molar-refractivity contribution is 7.18. The molecule has 31 heavy (non-hydrogen) atoms. The molecule has 0 atom stereocenters. The molecule has 0 aliphatic carbocycles. The lowest BCUT2D eigenvalue weighted by Gasteiger charge is -2.05. The van der Waals surface area contributed by atoms with Gasteiger partial charge in [-0.25, -0.2) is 9.78 Å². The largest absolute Gasteiger partial charge is 0.478 e. The van der Waals surface area contributed by atoms with Gasteiger partial charge in [0.2, 0.25) is 5.91 Å². The number of benzene rings is 2. The van der Waals surface area contributed by atoms with E-state index < -0.39 is 5.97 Å². The van der Waals surface area contributed by atoms with E-state index in [-0.39, 0.29) is 18.9 Å². The van der Waals surface area contributed by atoms with Crippen LogP contribution in [0.5, 0.6) is 11.5 Å². The normalized spacial score (nSPS) is 11.3. The van der Waals surface area contributed by atoms with E-state index in [9.17, 15) is 9.59 Å². The number of hydrogen-bond acceptors (Lipinski definition) is 5. The quantitative estimate of drug-likeness (QED) is 0.373. The Labute approximate surface area is 184 Å². The summed E-state index contributed by atoms with van der Waals surface area (Å²) >= 11 is 1.45. The van der Waals surface area contributed by atoms with E-state index >= 15 is 0 Å². The molecule has 6 nitrogen and oxygen atoms in total. The van der Waals surface area contributed by atoms with Gasteiger partial charge in [-0.2, -0.15) is 0 Å². The van der Waals surface area contributed by atoms with Gasteiger partial charge in [0.05, 0.1) is 16.6 Å². The van der Waals surface area contributed by atoms with E-state index in [0.717, 1.165) is 27.8 Å². The molecule has 2 N–H and O–H groups in total. The van der Waals surface area contributed by atoms with E-state index in [4.69, 9.17) is 9.84 Å². The first kappa shape index (κ1) is 22.0. The van der Waals surface area contributed by atoms with Crippen LogP contribution in [0, 0.1) is 6.92 Å². The SMILES string of the molecule is C=C(/C=C\C=C\C(=O)O)CNC(=O)Cc1nc2ccc(Oc3ccc(C)cc3)cc2s1. The summed E-state index contributed by atoms with van der Waals surface area (Å²) in [5.74, 6) is 0.303. The molecule has 0 saturated carbocycles. The Morgan fingerprint density at radius 3 is 2.58 bits per heavy atom. The average Bonchev–Trinajstić information content (AvgIpc) is 3.12. The van der Waals surface area contributed by atoms with Gasteiger partial charge in [-0.15, -0.1) is 11.3 Å². The molecule has 1 aromatic heterocycles. The topological polar surface area (TPSA) is 88.5 Å². The third-order valence-corrected chi connectivity index (χ3v) is 5.19. The van der Waals surface area contributed by atoms with Crippen LogP contribution in [0.1, 0.15) is 10.6 Å². The van der Waals surface area contributed by atoms with Gasteiger partial charge in [-0.05, 0) is 36.8 Å². The van der Waals surface area contributed by atoms with Crippen LogP contribution in [-0.2, 0) is 16.0 Å². The fourth-order valence-electron chi connectivity index (χ4n) is 2.63. The molecule has 0 bridgehead atoms. The third kappa shape index (κ3) is 6.94. The molecule has 0 fully saturated rings. The minimum absolute atomic E-state index is 0.161. The second kappa shape index (κ2) is 10.4. The van der Waals surface area contributed by atoms with Crippen molar-refractivity contribution in [2.45, 2.75) is 13.3 Å². The Bertz CT molecular complexity index is 1160. The standard InChI is InChI=1S/C24H22N2O4S/c1-16-7-9-18(10-8-16)30-19-11-12-20-21(13-19)31-23(26-20)14-22(27)25-15-17(2)5-3-4-6-24(28)29/h3-13H,2,14-15H2,1H3,(H,25,27)(H,28,29)/b5-3-,6-4+. The first-order chi connectivity index (χ1) is 14.9. The molecule has 3 aromatic rings. The number of allylic oxidation sites excluding steroid dienone is 2. The Morgan fingerprint density at radius 1 is 1.13 bits per heavy atom. The summed E-state index contributed by atoms with van der Waals surface area (Å²) in [4.78, 5) is 27.1. The molecule has 0 unspecified atom stereocenters. The van der Waals surface area contributed by atoms with Crippen molar-refractivity contribution in [3.8, 4) is 11.5 Å². The van der Waals surface area contributed by atoms with Crippen molar-refractivity contribution in [3.63, 3.8) is 0 Å². The number of nitrogens with one attached hydrogen (secondary N) is 1. The number of carbonyl (C=O) groups is 2. The highest BCUT2D eigenvalue weighted by atomic mass is 32.1. The second-order valence-corrected chi connectivity index (χ2v) is 7.94. The number of carbonyl (C=O) groups excluding carboxylic acids is 1. The van der Waals surface area contributed by atoms with Gasteiger partial charge in [0.25, 0.3) is 0 Å². The zero-order chi connectivity index (χ0) is 22.2. The van der Waals surface area contributed by atoms with Crippen molar-refractivity contribution in [2.24, 2.45) is 0 Å². The molecule has 0 saturated heterocycles. The maximum absolute atomic E-state index is 12.2. The van der Waals surface area contributed by atoms with E-state index in [0.29, 0.717) is 10.6 Å². The molecular formula is C24H22N2O4S. The number of thiazole rings is 1. The van der Waals surface area contributed by atoms with Crippen molar-refractivity contribution in [2.75, 3.05) is 6.54 Å². The highest BCUT2D eigenvalue weighted by Gasteiger charge is 2.10. The lowest BCUT2D eigenvalue weighted by molar-refractivity contribution is -0.131. The lowest BCUT2D eigenvalue weighted by Crippen LogP contribution is -2.26. The van der Waals surface area contributed by atoms with Gasteiger partial charge in [-0.3, -0.25) is 4.79 Å². The van der Waals surface area contributed by atoms with Crippen molar-refractivity contribution < 1.29 is 19.4 Å². The van der Waals surface area contributed by atoms with Crippen LogP contribution in [0.2, 0.25) is 0 Å². The minimum Gasteiger partial charge on any atom is -0.478 e. The summed E-state index contributed by atoms with van der Waals surface area (Å²) < 4.78 is 6.85. The number of amides is 1. The Morgan fingerprint density at radius 2 is 1.84 bits per heavy atom. The zero-order valence-corrected chi connectivity index (χ0v) is 17.8. The Kier molecular flexibility index (Phi) is 7.35. The average molecular weight is 435 g/mol. The minimum atomic E-state index is -1.02. The van der Waals surface area contributed by atoms with Crippen molar-refractivity contribution in [3.05, 3.63) is 89.5 Å². The summed E-state index contributed by atoms with van der Waals surface area (Å²) in [6.07, 6.45) is 5.79. The van der Waals surface area contributed by atoms with Crippen LogP contribution >= 0.6 is 11.3 Å². The van der Waals surface area contributed by atoms with Gasteiger partial charge in [-0.1, -0.05) is 42.5 Å². The molecule has 1 amide bonds. The van der Waals surface area contributed by atoms with E-state index in [1.165, 1.54) is 23.0 Å². The number of nitrogens with zero attached hydrogens (tertiary/aromatic N) is 1. The molecule has 0 spiro atoms. The molecule has 1 heterocycles. The number of hydrogen-bond donors (Lipinski definition) is 2.